The molecule has 1 heterocycles. The van der Waals surface area contributed by atoms with Gasteiger partial charge in [0.15, 0.2) is 0 Å². The van der Waals surface area contributed by atoms with E-state index in [1.165, 1.54) is 26.4 Å². The molecule has 1 N–H and O–H groups in total. The summed E-state index contributed by atoms with van der Waals surface area (Å²) in [5, 5.41) is 0. The van der Waals surface area contributed by atoms with Crippen molar-refractivity contribution < 1.29 is 19.1 Å². The van der Waals surface area contributed by atoms with Gasteiger partial charge in [-0.3, -0.25) is 0 Å². The number of benzene rings is 1. The zero-order valence-electron chi connectivity index (χ0n) is 10.6. The van der Waals surface area contributed by atoms with E-state index in [0.717, 1.165) is 0 Å². The lowest BCUT2D eigenvalue weighted by Crippen LogP contribution is -2.11. The molecule has 0 saturated carbocycles. The van der Waals surface area contributed by atoms with Crippen LogP contribution in [0.3, 0.4) is 0 Å². The van der Waals surface area contributed by atoms with Gasteiger partial charge in [0.1, 0.15) is 0 Å². The maximum atomic E-state index is 11.2. The van der Waals surface area contributed by atoms with Crippen LogP contribution in [0, 0.1) is 0 Å². The van der Waals surface area contributed by atoms with E-state index in [0.29, 0.717) is 0 Å². The fourth-order valence-electron chi connectivity index (χ4n) is 1.27. The van der Waals surface area contributed by atoms with Gasteiger partial charge in [0, 0.05) is 12.4 Å². The van der Waals surface area contributed by atoms with E-state index in [-0.39, 0.29) is 11.1 Å². The fourth-order valence-corrected chi connectivity index (χ4v) is 1.27. The van der Waals surface area contributed by atoms with Gasteiger partial charge >= 0.3 is 11.9 Å². The molecular weight excluding hydrogens is 248 g/mol. The number of methoxy groups -OCH3 is 2. The molecule has 0 unspecified atom stereocenters. The second kappa shape index (κ2) is 7.65. The van der Waals surface area contributed by atoms with Gasteiger partial charge in [-0.15, -0.1) is 0 Å². The lowest BCUT2D eigenvalue weighted by molar-refractivity contribution is 0.0555. The zero-order chi connectivity index (χ0) is 14.1. The summed E-state index contributed by atoms with van der Waals surface area (Å²) in [5.74, 6) is -1.10. The molecule has 0 spiro atoms. The summed E-state index contributed by atoms with van der Waals surface area (Å²) in [4.78, 5) is 28.9. The van der Waals surface area contributed by atoms with Gasteiger partial charge in [0.2, 0.25) is 0 Å². The van der Waals surface area contributed by atoms with Gasteiger partial charge < -0.3 is 14.5 Å². The average Bonchev–Trinajstić information content (AvgIpc) is 3.05. The van der Waals surface area contributed by atoms with Crippen LogP contribution in [-0.4, -0.2) is 36.1 Å². The van der Waals surface area contributed by atoms with Crippen molar-refractivity contribution >= 4 is 11.9 Å². The smallest absolute Gasteiger partial charge is 0.338 e. The monoisotopic (exact) mass is 262 g/mol. The van der Waals surface area contributed by atoms with Gasteiger partial charge in [-0.2, -0.15) is 0 Å². The van der Waals surface area contributed by atoms with Gasteiger partial charge in [0.25, 0.3) is 0 Å². The van der Waals surface area contributed by atoms with Gasteiger partial charge in [-0.25, -0.2) is 14.6 Å². The van der Waals surface area contributed by atoms with Crippen LogP contribution >= 0.6 is 0 Å². The van der Waals surface area contributed by atoms with Crippen molar-refractivity contribution in [3.05, 3.63) is 54.1 Å². The van der Waals surface area contributed by atoms with E-state index < -0.39 is 11.9 Å². The minimum atomic E-state index is -0.550. The quantitative estimate of drug-likeness (QED) is 0.832. The average molecular weight is 262 g/mol. The van der Waals surface area contributed by atoms with E-state index in [1.54, 1.807) is 30.9 Å². The molecule has 0 saturated heterocycles. The number of nitrogens with one attached hydrogen (secondary N) is 1. The summed E-state index contributed by atoms with van der Waals surface area (Å²) in [6, 6.07) is 6.33. The van der Waals surface area contributed by atoms with Crippen molar-refractivity contribution in [1.29, 1.82) is 0 Å². The molecule has 0 fully saturated rings. The molecule has 0 radical (unpaired) electrons. The first kappa shape index (κ1) is 14.4. The lowest BCUT2D eigenvalue weighted by atomic mass is 10.1. The minimum absolute atomic E-state index is 0.210. The molecule has 6 nitrogen and oxygen atoms in total. The van der Waals surface area contributed by atoms with E-state index >= 15 is 0 Å². The lowest BCUT2D eigenvalue weighted by Gasteiger charge is -2.04. The standard InChI is InChI=1S/C10H10O4.C3H4N2/c1-13-9(11)7-5-3-4-6-8(7)10(12)14-2;1-2-5-3-4-1/h3-6H,1-2H3;1-3H,(H,4,5). The molecule has 2 rings (SSSR count). The molecule has 1 aromatic carbocycles. The van der Waals surface area contributed by atoms with E-state index in [2.05, 4.69) is 19.4 Å². The number of hydrogen-bond acceptors (Lipinski definition) is 5. The van der Waals surface area contributed by atoms with Crippen molar-refractivity contribution in [2.45, 2.75) is 0 Å². The Morgan fingerprint density at radius 2 is 1.58 bits per heavy atom. The largest absolute Gasteiger partial charge is 0.465 e. The third kappa shape index (κ3) is 4.27. The van der Waals surface area contributed by atoms with Crippen LogP contribution in [0.2, 0.25) is 0 Å². The molecule has 0 atom stereocenters. The molecule has 19 heavy (non-hydrogen) atoms. The molecular formula is C13H14N2O4. The van der Waals surface area contributed by atoms with E-state index in [1.807, 2.05) is 0 Å². The molecule has 0 aliphatic rings. The Hall–Kier alpha value is -2.63. The first-order valence-corrected chi connectivity index (χ1v) is 5.39. The number of carbonyl (C=O) groups is 2. The second-order valence-electron chi connectivity index (χ2n) is 3.29. The van der Waals surface area contributed by atoms with Crippen molar-refractivity contribution in [3.63, 3.8) is 0 Å². The number of aromatic nitrogens is 2. The second-order valence-corrected chi connectivity index (χ2v) is 3.29. The summed E-state index contributed by atoms with van der Waals surface area (Å²) < 4.78 is 9.05. The van der Waals surface area contributed by atoms with Crippen molar-refractivity contribution in [2.24, 2.45) is 0 Å². The molecule has 6 heteroatoms. The number of imidazole rings is 1. The van der Waals surface area contributed by atoms with Gasteiger partial charge in [-0.1, -0.05) is 12.1 Å². The molecule has 0 aliphatic heterocycles. The number of rotatable bonds is 2. The third-order valence-corrected chi connectivity index (χ3v) is 2.14. The molecule has 1 aromatic heterocycles. The van der Waals surface area contributed by atoms with Crippen molar-refractivity contribution in [1.82, 2.24) is 9.97 Å². The number of ether oxygens (including phenoxy) is 2. The highest BCUT2D eigenvalue weighted by Crippen LogP contribution is 2.10. The topological polar surface area (TPSA) is 81.3 Å². The Morgan fingerprint density at radius 1 is 1.05 bits per heavy atom. The van der Waals surface area contributed by atoms with Crippen LogP contribution in [0.1, 0.15) is 20.7 Å². The number of carbonyl (C=O) groups excluding carboxylic acids is 2. The van der Waals surface area contributed by atoms with Crippen LogP contribution in [0.5, 0.6) is 0 Å². The van der Waals surface area contributed by atoms with Crippen molar-refractivity contribution in [2.75, 3.05) is 14.2 Å². The summed E-state index contributed by atoms with van der Waals surface area (Å²) in [5.41, 5.74) is 0.420. The van der Waals surface area contributed by atoms with Crippen LogP contribution in [0.4, 0.5) is 0 Å². The number of esters is 2. The Labute approximate surface area is 110 Å². The minimum Gasteiger partial charge on any atom is -0.465 e. The highest BCUT2D eigenvalue weighted by atomic mass is 16.5. The van der Waals surface area contributed by atoms with Crippen LogP contribution in [0.25, 0.3) is 0 Å². The number of nitrogens with zero attached hydrogens (tertiary/aromatic N) is 1. The molecule has 0 bridgehead atoms. The molecule has 0 aliphatic carbocycles. The van der Waals surface area contributed by atoms with Crippen LogP contribution < -0.4 is 0 Å². The maximum Gasteiger partial charge on any atom is 0.338 e. The zero-order valence-corrected chi connectivity index (χ0v) is 10.6. The number of H-pyrrole nitrogens is 1. The fraction of sp³-hybridized carbons (Fsp3) is 0.154. The molecule has 100 valence electrons. The maximum absolute atomic E-state index is 11.2. The normalized spacial score (nSPS) is 8.95. The summed E-state index contributed by atoms with van der Waals surface area (Å²) in [6.07, 6.45) is 5.08. The van der Waals surface area contributed by atoms with Crippen LogP contribution in [0.15, 0.2) is 43.0 Å². The Bertz CT molecular complexity index is 471. The number of aromatic amines is 1. The Morgan fingerprint density at radius 3 is 1.84 bits per heavy atom. The number of hydrogen-bond donors (Lipinski definition) is 1. The van der Waals surface area contributed by atoms with Crippen molar-refractivity contribution in [3.8, 4) is 0 Å². The van der Waals surface area contributed by atoms with Gasteiger partial charge in [0.05, 0.1) is 31.7 Å². The molecule has 0 amide bonds. The highest BCUT2D eigenvalue weighted by Gasteiger charge is 2.16. The molecule has 2 aromatic rings. The van der Waals surface area contributed by atoms with E-state index in [9.17, 15) is 9.59 Å². The highest BCUT2D eigenvalue weighted by molar-refractivity contribution is 6.02. The Kier molecular flexibility index (Phi) is 5.81. The summed E-state index contributed by atoms with van der Waals surface area (Å²) in [7, 11) is 2.52. The third-order valence-electron chi connectivity index (χ3n) is 2.14. The van der Waals surface area contributed by atoms with Crippen LogP contribution in [-0.2, 0) is 9.47 Å². The van der Waals surface area contributed by atoms with Gasteiger partial charge in [-0.05, 0) is 12.1 Å². The predicted octanol–water partition coefficient (Wildman–Crippen LogP) is 1.67. The predicted molar refractivity (Wildman–Crippen MR) is 67.7 cm³/mol. The SMILES string of the molecule is COC(=O)c1ccccc1C(=O)OC.c1c[nH]cn1. The van der Waals surface area contributed by atoms with E-state index in [4.69, 9.17) is 0 Å². The summed E-state index contributed by atoms with van der Waals surface area (Å²) in [6.45, 7) is 0. The first-order valence-electron chi connectivity index (χ1n) is 5.39. The summed E-state index contributed by atoms with van der Waals surface area (Å²) >= 11 is 0. The first-order chi connectivity index (χ1) is 9.20. The Balaban J connectivity index is 0.000000300.